The Morgan fingerprint density at radius 2 is 1.81 bits per heavy atom. The zero-order valence-electron chi connectivity index (χ0n) is 13.6. The summed E-state index contributed by atoms with van der Waals surface area (Å²) < 4.78 is 27.5. The Hall–Kier alpha value is -0.430. The average Bonchev–Trinajstić information content (AvgIpc) is 2.85. The van der Waals surface area contributed by atoms with Crippen molar-refractivity contribution < 1.29 is 8.42 Å². The zero-order chi connectivity index (χ0) is 16.0. The van der Waals surface area contributed by atoms with Crippen molar-refractivity contribution in [1.29, 1.82) is 0 Å². The van der Waals surface area contributed by atoms with E-state index in [1.165, 1.54) is 11.3 Å². The summed E-state index contributed by atoms with van der Waals surface area (Å²) >= 11 is 1.48. The Morgan fingerprint density at radius 1 is 1.19 bits per heavy atom. The van der Waals surface area contributed by atoms with Crippen LogP contribution in [0.5, 0.6) is 0 Å². The molecule has 0 bridgehead atoms. The van der Waals surface area contributed by atoms with Gasteiger partial charge in [0.1, 0.15) is 0 Å². The summed E-state index contributed by atoms with van der Waals surface area (Å²) in [6.07, 6.45) is 0. The van der Waals surface area contributed by atoms with E-state index in [1.54, 1.807) is 11.4 Å². The van der Waals surface area contributed by atoms with E-state index in [0.29, 0.717) is 29.2 Å². The third-order valence-corrected chi connectivity index (χ3v) is 6.20. The van der Waals surface area contributed by atoms with Gasteiger partial charge >= 0.3 is 0 Å². The molecule has 0 unspecified atom stereocenters. The van der Waals surface area contributed by atoms with Crippen LogP contribution in [0.4, 0.5) is 0 Å². The highest BCUT2D eigenvalue weighted by Gasteiger charge is 2.22. The van der Waals surface area contributed by atoms with Crippen molar-refractivity contribution >= 4 is 21.4 Å². The Balaban J connectivity index is 2.70. The number of rotatable bonds is 9. The molecule has 0 aromatic carbocycles. The van der Waals surface area contributed by atoms with Gasteiger partial charge in [-0.1, -0.05) is 34.6 Å². The van der Waals surface area contributed by atoms with Crippen LogP contribution in [0, 0.1) is 17.8 Å². The summed E-state index contributed by atoms with van der Waals surface area (Å²) in [6, 6.07) is 1.76. The molecule has 0 aliphatic rings. The first-order chi connectivity index (χ1) is 9.77. The monoisotopic (exact) mass is 332 g/mol. The van der Waals surface area contributed by atoms with Gasteiger partial charge in [0.25, 0.3) is 0 Å². The van der Waals surface area contributed by atoms with Gasteiger partial charge in [-0.05, 0) is 30.4 Å². The van der Waals surface area contributed by atoms with Crippen molar-refractivity contribution in [3.8, 4) is 0 Å². The lowest BCUT2D eigenvalue weighted by atomic mass is 9.86. The molecule has 0 radical (unpaired) electrons. The van der Waals surface area contributed by atoms with Crippen molar-refractivity contribution in [2.24, 2.45) is 17.8 Å². The quantitative estimate of drug-likeness (QED) is 0.731. The standard InChI is InChI=1S/C15H28N2O2S2/c1-6-16-8-13-7-14(10-20-13)21(18,19)17-9-15(11(2)3)12(4)5/h7,10-12,15-17H,6,8-9H2,1-5H3. The smallest absolute Gasteiger partial charge is 0.241 e. The van der Waals surface area contributed by atoms with E-state index < -0.39 is 10.0 Å². The maximum absolute atomic E-state index is 12.3. The zero-order valence-corrected chi connectivity index (χ0v) is 15.3. The predicted molar refractivity (Wildman–Crippen MR) is 90.1 cm³/mol. The number of hydrogen-bond donors (Lipinski definition) is 2. The van der Waals surface area contributed by atoms with E-state index in [9.17, 15) is 8.42 Å². The molecule has 0 saturated heterocycles. The van der Waals surface area contributed by atoms with Crippen LogP contribution in [0.1, 0.15) is 39.5 Å². The molecular weight excluding hydrogens is 304 g/mol. The topological polar surface area (TPSA) is 58.2 Å². The number of nitrogens with one attached hydrogen (secondary N) is 2. The minimum atomic E-state index is -3.39. The normalized spacial score (nSPS) is 12.8. The van der Waals surface area contributed by atoms with Crippen molar-refractivity contribution in [3.63, 3.8) is 0 Å². The van der Waals surface area contributed by atoms with Gasteiger partial charge < -0.3 is 5.32 Å². The maximum Gasteiger partial charge on any atom is 0.241 e. The van der Waals surface area contributed by atoms with Gasteiger partial charge in [0, 0.05) is 23.3 Å². The lowest BCUT2D eigenvalue weighted by molar-refractivity contribution is 0.289. The summed E-state index contributed by atoms with van der Waals surface area (Å²) in [5, 5.41) is 4.92. The van der Waals surface area contributed by atoms with Gasteiger partial charge in [-0.15, -0.1) is 11.3 Å². The molecule has 2 N–H and O–H groups in total. The van der Waals surface area contributed by atoms with Crippen LogP contribution in [0.15, 0.2) is 16.3 Å². The second-order valence-electron chi connectivity index (χ2n) is 6.03. The third-order valence-electron chi connectivity index (χ3n) is 3.71. The van der Waals surface area contributed by atoms with Crippen LogP contribution >= 0.6 is 11.3 Å². The van der Waals surface area contributed by atoms with Gasteiger partial charge in [0.15, 0.2) is 0 Å². The summed E-state index contributed by atoms with van der Waals surface area (Å²) in [6.45, 7) is 12.7. The second-order valence-corrected chi connectivity index (χ2v) is 8.80. The molecule has 0 fully saturated rings. The largest absolute Gasteiger partial charge is 0.312 e. The van der Waals surface area contributed by atoms with Gasteiger partial charge in [0.2, 0.25) is 10.0 Å². The molecule has 1 rings (SSSR count). The highest BCUT2D eigenvalue weighted by molar-refractivity contribution is 7.89. The molecule has 1 heterocycles. The van der Waals surface area contributed by atoms with E-state index in [0.717, 1.165) is 18.0 Å². The highest BCUT2D eigenvalue weighted by Crippen LogP contribution is 2.22. The number of thiophene rings is 1. The van der Waals surface area contributed by atoms with Crippen LogP contribution in [0.3, 0.4) is 0 Å². The molecule has 6 heteroatoms. The van der Waals surface area contributed by atoms with Gasteiger partial charge in [-0.2, -0.15) is 0 Å². The molecule has 0 amide bonds. The molecule has 4 nitrogen and oxygen atoms in total. The summed E-state index contributed by atoms with van der Waals surface area (Å²) in [7, 11) is -3.39. The van der Waals surface area contributed by atoms with E-state index in [4.69, 9.17) is 0 Å². The SMILES string of the molecule is CCNCc1cc(S(=O)(=O)NCC(C(C)C)C(C)C)cs1. The van der Waals surface area contributed by atoms with Crippen LogP contribution in [0.25, 0.3) is 0 Å². The van der Waals surface area contributed by atoms with Gasteiger partial charge in [0.05, 0.1) is 4.90 Å². The molecule has 1 aromatic rings. The van der Waals surface area contributed by atoms with Crippen molar-refractivity contribution in [2.45, 2.75) is 46.1 Å². The molecule has 0 spiro atoms. The molecule has 0 saturated carbocycles. The number of sulfonamides is 1. The highest BCUT2D eigenvalue weighted by atomic mass is 32.2. The summed E-state index contributed by atoms with van der Waals surface area (Å²) in [5.41, 5.74) is 0. The van der Waals surface area contributed by atoms with Gasteiger partial charge in [-0.25, -0.2) is 13.1 Å². The number of hydrogen-bond acceptors (Lipinski definition) is 4. The van der Waals surface area contributed by atoms with E-state index in [1.807, 2.05) is 6.92 Å². The maximum atomic E-state index is 12.3. The van der Waals surface area contributed by atoms with Crippen LogP contribution in [-0.2, 0) is 16.6 Å². The Morgan fingerprint density at radius 3 is 2.33 bits per heavy atom. The Bertz CT molecular complexity index is 514. The first-order valence-corrected chi connectivity index (χ1v) is 9.92. The summed E-state index contributed by atoms with van der Waals surface area (Å²) in [4.78, 5) is 1.42. The fourth-order valence-corrected chi connectivity index (χ4v) is 4.69. The third kappa shape index (κ3) is 5.70. The average molecular weight is 333 g/mol. The van der Waals surface area contributed by atoms with Crippen molar-refractivity contribution in [3.05, 3.63) is 16.3 Å². The molecule has 0 atom stereocenters. The molecule has 0 aliphatic carbocycles. The first kappa shape index (κ1) is 18.6. The fourth-order valence-electron chi connectivity index (χ4n) is 2.37. The van der Waals surface area contributed by atoms with Crippen molar-refractivity contribution in [2.75, 3.05) is 13.1 Å². The van der Waals surface area contributed by atoms with Crippen molar-refractivity contribution in [1.82, 2.24) is 10.0 Å². The molecule has 0 aliphatic heterocycles. The van der Waals surface area contributed by atoms with Gasteiger partial charge in [-0.3, -0.25) is 0 Å². The Labute approximate surface area is 133 Å². The van der Waals surface area contributed by atoms with Crippen LogP contribution < -0.4 is 10.0 Å². The predicted octanol–water partition coefficient (Wildman–Crippen LogP) is 3.06. The molecule has 1 aromatic heterocycles. The summed E-state index contributed by atoms with van der Waals surface area (Å²) in [5.74, 6) is 1.26. The van der Waals surface area contributed by atoms with E-state index in [-0.39, 0.29) is 0 Å². The molecular formula is C15H28N2O2S2. The Kier molecular flexibility index (Phi) is 7.33. The van der Waals surface area contributed by atoms with Crippen LogP contribution in [-0.4, -0.2) is 21.5 Å². The lowest BCUT2D eigenvalue weighted by Gasteiger charge is -2.24. The second kappa shape index (κ2) is 8.27. The minimum absolute atomic E-state index is 0.347. The first-order valence-electron chi connectivity index (χ1n) is 7.55. The molecule has 122 valence electrons. The van der Waals surface area contributed by atoms with E-state index in [2.05, 4.69) is 37.7 Å². The minimum Gasteiger partial charge on any atom is -0.312 e. The van der Waals surface area contributed by atoms with E-state index >= 15 is 0 Å². The molecule has 21 heavy (non-hydrogen) atoms. The lowest BCUT2D eigenvalue weighted by Crippen LogP contribution is -2.33. The fraction of sp³-hybridized carbons (Fsp3) is 0.733. The van der Waals surface area contributed by atoms with Crippen LogP contribution in [0.2, 0.25) is 0 Å².